The standard InChI is InChI=1S/C15H10BrClFN/c16-12-2-1-11(14(17)8-12)9-19-6-5-10-7-13(18)3-4-15(10)19/h1-8H,9H2. The monoisotopic (exact) mass is 337 g/mol. The molecule has 4 heteroatoms. The normalized spacial score (nSPS) is 11.1. The molecule has 0 unspecified atom stereocenters. The smallest absolute Gasteiger partial charge is 0.123 e. The van der Waals surface area contributed by atoms with E-state index in [1.807, 2.05) is 30.5 Å². The number of halogens is 3. The van der Waals surface area contributed by atoms with Crippen LogP contribution in [0, 0.1) is 5.82 Å². The lowest BCUT2D eigenvalue weighted by atomic mass is 10.2. The van der Waals surface area contributed by atoms with Gasteiger partial charge in [0, 0.05) is 33.1 Å². The van der Waals surface area contributed by atoms with E-state index >= 15 is 0 Å². The van der Waals surface area contributed by atoms with Gasteiger partial charge in [0.2, 0.25) is 0 Å². The van der Waals surface area contributed by atoms with Crippen LogP contribution < -0.4 is 0 Å². The maximum Gasteiger partial charge on any atom is 0.123 e. The Morgan fingerprint density at radius 1 is 1.11 bits per heavy atom. The molecule has 19 heavy (non-hydrogen) atoms. The molecule has 0 amide bonds. The minimum Gasteiger partial charge on any atom is -0.343 e. The summed E-state index contributed by atoms with van der Waals surface area (Å²) in [6, 6.07) is 12.5. The highest BCUT2D eigenvalue weighted by Crippen LogP contribution is 2.24. The van der Waals surface area contributed by atoms with Gasteiger partial charge < -0.3 is 4.57 Å². The van der Waals surface area contributed by atoms with Gasteiger partial charge in [-0.05, 0) is 42.0 Å². The van der Waals surface area contributed by atoms with Crippen molar-refractivity contribution in [2.45, 2.75) is 6.54 Å². The van der Waals surface area contributed by atoms with Crippen LogP contribution in [0.2, 0.25) is 5.02 Å². The van der Waals surface area contributed by atoms with Crippen LogP contribution in [0.5, 0.6) is 0 Å². The summed E-state index contributed by atoms with van der Waals surface area (Å²) in [4.78, 5) is 0. The van der Waals surface area contributed by atoms with Gasteiger partial charge in [0.1, 0.15) is 5.82 Å². The molecule has 2 aromatic carbocycles. The molecule has 0 spiro atoms. The Kier molecular flexibility index (Phi) is 3.33. The van der Waals surface area contributed by atoms with Crippen molar-refractivity contribution in [2.75, 3.05) is 0 Å². The van der Waals surface area contributed by atoms with E-state index in [-0.39, 0.29) is 5.82 Å². The third-order valence-corrected chi connectivity index (χ3v) is 3.93. The molecule has 0 radical (unpaired) electrons. The van der Waals surface area contributed by atoms with Crippen molar-refractivity contribution in [3.63, 3.8) is 0 Å². The molecule has 96 valence electrons. The average molecular weight is 339 g/mol. The topological polar surface area (TPSA) is 4.93 Å². The molecule has 0 aliphatic carbocycles. The summed E-state index contributed by atoms with van der Waals surface area (Å²) in [5.74, 6) is -0.216. The van der Waals surface area contributed by atoms with Gasteiger partial charge in [-0.15, -0.1) is 0 Å². The van der Waals surface area contributed by atoms with E-state index in [9.17, 15) is 4.39 Å². The SMILES string of the molecule is Fc1ccc2c(ccn2Cc2ccc(Br)cc2Cl)c1. The number of aromatic nitrogens is 1. The lowest BCUT2D eigenvalue weighted by Gasteiger charge is -2.08. The van der Waals surface area contributed by atoms with Gasteiger partial charge >= 0.3 is 0 Å². The summed E-state index contributed by atoms with van der Waals surface area (Å²) in [6.45, 7) is 0.668. The van der Waals surface area contributed by atoms with Crippen molar-refractivity contribution >= 4 is 38.4 Å². The first kappa shape index (κ1) is 12.7. The molecule has 0 saturated heterocycles. The van der Waals surface area contributed by atoms with Crippen LogP contribution in [-0.4, -0.2) is 4.57 Å². The van der Waals surface area contributed by atoms with Crippen LogP contribution in [0.1, 0.15) is 5.56 Å². The Hall–Kier alpha value is -1.32. The van der Waals surface area contributed by atoms with Crippen LogP contribution in [-0.2, 0) is 6.54 Å². The molecule has 0 fully saturated rings. The van der Waals surface area contributed by atoms with E-state index in [0.717, 1.165) is 26.0 Å². The number of fused-ring (bicyclic) bond motifs is 1. The van der Waals surface area contributed by atoms with Crippen molar-refractivity contribution in [2.24, 2.45) is 0 Å². The predicted octanol–water partition coefficient (Wildman–Crippen LogP) is 5.24. The van der Waals surface area contributed by atoms with Crippen LogP contribution in [0.25, 0.3) is 10.9 Å². The van der Waals surface area contributed by atoms with Gasteiger partial charge in [-0.25, -0.2) is 4.39 Å². The second-order valence-corrected chi connectivity index (χ2v) is 5.71. The fourth-order valence-electron chi connectivity index (χ4n) is 2.14. The van der Waals surface area contributed by atoms with Crippen molar-refractivity contribution < 1.29 is 4.39 Å². The van der Waals surface area contributed by atoms with E-state index in [2.05, 4.69) is 20.5 Å². The zero-order chi connectivity index (χ0) is 13.4. The number of nitrogens with zero attached hydrogens (tertiary/aromatic N) is 1. The Morgan fingerprint density at radius 3 is 2.74 bits per heavy atom. The summed E-state index contributed by atoms with van der Waals surface area (Å²) in [6.07, 6.45) is 1.95. The molecule has 0 N–H and O–H groups in total. The summed E-state index contributed by atoms with van der Waals surface area (Å²) >= 11 is 9.61. The molecule has 1 nitrogen and oxygen atoms in total. The molecule has 3 rings (SSSR count). The average Bonchev–Trinajstić information content (AvgIpc) is 2.75. The largest absolute Gasteiger partial charge is 0.343 e. The van der Waals surface area contributed by atoms with Gasteiger partial charge in [0.15, 0.2) is 0 Å². The van der Waals surface area contributed by atoms with Gasteiger partial charge in [-0.2, -0.15) is 0 Å². The summed E-state index contributed by atoms with van der Waals surface area (Å²) in [5.41, 5.74) is 2.03. The lowest BCUT2D eigenvalue weighted by molar-refractivity contribution is 0.629. The maximum absolute atomic E-state index is 13.1. The number of rotatable bonds is 2. The zero-order valence-corrected chi connectivity index (χ0v) is 12.2. The van der Waals surface area contributed by atoms with Crippen molar-refractivity contribution in [3.8, 4) is 0 Å². The van der Waals surface area contributed by atoms with Crippen LogP contribution in [0.3, 0.4) is 0 Å². The molecule has 1 heterocycles. The molecule has 0 aliphatic rings. The number of hydrogen-bond acceptors (Lipinski definition) is 0. The fourth-order valence-corrected chi connectivity index (χ4v) is 2.88. The van der Waals surface area contributed by atoms with Gasteiger partial charge in [-0.1, -0.05) is 33.6 Å². The van der Waals surface area contributed by atoms with Crippen LogP contribution in [0.4, 0.5) is 4.39 Å². The highest BCUT2D eigenvalue weighted by Gasteiger charge is 2.06. The van der Waals surface area contributed by atoms with Gasteiger partial charge in [-0.3, -0.25) is 0 Å². The first-order chi connectivity index (χ1) is 9.13. The molecule has 0 atom stereocenters. The predicted molar refractivity (Wildman–Crippen MR) is 80.2 cm³/mol. The minimum absolute atomic E-state index is 0.216. The molecule has 3 aromatic rings. The van der Waals surface area contributed by atoms with E-state index in [0.29, 0.717) is 6.54 Å². The Balaban J connectivity index is 2.01. The summed E-state index contributed by atoms with van der Waals surface area (Å²) < 4.78 is 16.2. The van der Waals surface area contributed by atoms with E-state index < -0.39 is 0 Å². The summed E-state index contributed by atoms with van der Waals surface area (Å²) in [7, 11) is 0. The molecule has 0 saturated carbocycles. The molecule has 1 aromatic heterocycles. The lowest BCUT2D eigenvalue weighted by Crippen LogP contribution is -1.98. The minimum atomic E-state index is -0.216. The summed E-state index contributed by atoms with van der Waals surface area (Å²) in [5, 5.41) is 1.62. The maximum atomic E-state index is 13.1. The Labute approximate surface area is 123 Å². The van der Waals surface area contributed by atoms with Crippen LogP contribution in [0.15, 0.2) is 53.1 Å². The molecule has 0 aliphatic heterocycles. The van der Waals surface area contributed by atoms with Crippen LogP contribution >= 0.6 is 27.5 Å². The van der Waals surface area contributed by atoms with Gasteiger partial charge in [0.05, 0.1) is 0 Å². The van der Waals surface area contributed by atoms with Crippen molar-refractivity contribution in [1.82, 2.24) is 4.57 Å². The fraction of sp³-hybridized carbons (Fsp3) is 0.0667. The third-order valence-electron chi connectivity index (χ3n) is 3.09. The van der Waals surface area contributed by atoms with Crippen molar-refractivity contribution in [3.05, 3.63) is 69.5 Å². The molecular weight excluding hydrogens is 329 g/mol. The first-order valence-corrected chi connectivity index (χ1v) is 6.99. The highest BCUT2D eigenvalue weighted by atomic mass is 79.9. The van der Waals surface area contributed by atoms with Gasteiger partial charge in [0.25, 0.3) is 0 Å². The third kappa shape index (κ3) is 2.53. The number of hydrogen-bond donors (Lipinski definition) is 0. The number of benzene rings is 2. The second-order valence-electron chi connectivity index (χ2n) is 4.38. The van der Waals surface area contributed by atoms with E-state index in [1.165, 1.54) is 12.1 Å². The van der Waals surface area contributed by atoms with E-state index in [4.69, 9.17) is 11.6 Å². The molecular formula is C15H10BrClFN. The quantitative estimate of drug-likeness (QED) is 0.602. The van der Waals surface area contributed by atoms with Crippen molar-refractivity contribution in [1.29, 1.82) is 0 Å². The highest BCUT2D eigenvalue weighted by molar-refractivity contribution is 9.10. The second kappa shape index (κ2) is 4.99. The first-order valence-electron chi connectivity index (χ1n) is 5.82. The molecule has 0 bridgehead atoms. The Morgan fingerprint density at radius 2 is 1.95 bits per heavy atom. The zero-order valence-electron chi connectivity index (χ0n) is 9.91. The Bertz CT molecular complexity index is 751. The van der Waals surface area contributed by atoms with E-state index in [1.54, 1.807) is 6.07 Å².